The number of amides is 3. The van der Waals surface area contributed by atoms with Gasteiger partial charge in [0, 0.05) is 29.4 Å². The van der Waals surface area contributed by atoms with Gasteiger partial charge in [0.05, 0.1) is 13.7 Å². The number of hydrogen-bond acceptors (Lipinski definition) is 6. The normalized spacial score (nSPS) is 20.0. The summed E-state index contributed by atoms with van der Waals surface area (Å²) in [6, 6.07) is 27.2. The number of aryl methyl sites for hydroxylation is 1. The maximum atomic E-state index is 13.1. The molecular weight excluding hydrogens is 561 g/mol. The molecule has 230 valence electrons. The molecular formula is C34H44N3O5P. The molecule has 0 saturated carbocycles. The van der Waals surface area contributed by atoms with Crippen molar-refractivity contribution in [3.63, 3.8) is 0 Å². The van der Waals surface area contributed by atoms with Crippen LogP contribution in [-0.2, 0) is 16.0 Å². The molecule has 1 aliphatic heterocycles. The van der Waals surface area contributed by atoms with E-state index in [9.17, 15) is 19.8 Å². The standard InChI is InChI=1S/C34H44N3O5P/c1-4-6-7-10-15-26-20-22-29(23-21-26)43(27-16-11-8-12-17-27,28-18-13-9-14-19-28)36-31-32(40)30(24-38)42-33(31)37(5-2)34(41)35-25(3)39/h8-9,11-14,16-23,30-33,38,40H,4-7,10,15,24H2,1-3H3,(H,35,39,41)/t30-,31?,32?,33-/m1/s1. The first-order valence-electron chi connectivity index (χ1n) is 15.2. The highest BCUT2D eigenvalue weighted by Gasteiger charge is 2.48. The fourth-order valence-corrected chi connectivity index (χ4v) is 9.43. The number of unbranched alkanes of at least 4 members (excludes halogenated alkanes) is 3. The van der Waals surface area contributed by atoms with Crippen LogP contribution in [0.25, 0.3) is 0 Å². The topological polar surface area (TPSA) is 111 Å². The third kappa shape index (κ3) is 7.44. The number of aliphatic hydroxyl groups is 2. The van der Waals surface area contributed by atoms with Crippen molar-refractivity contribution >= 4 is 34.9 Å². The number of rotatable bonds is 12. The van der Waals surface area contributed by atoms with Gasteiger partial charge in [0.2, 0.25) is 5.91 Å². The van der Waals surface area contributed by atoms with Gasteiger partial charge in [-0.3, -0.25) is 19.8 Å². The SMILES string of the molecule is CCCCCCc1ccc(P(=NC2C(O)[C@@H](CO)O[C@H]2N(CC)C(=O)NC(C)=O)(c2ccccc2)c2ccccc2)cc1. The Morgan fingerprint density at radius 1 is 0.884 bits per heavy atom. The Morgan fingerprint density at radius 3 is 1.98 bits per heavy atom. The molecule has 43 heavy (non-hydrogen) atoms. The molecule has 3 amide bonds. The van der Waals surface area contributed by atoms with Crippen LogP contribution in [0.2, 0.25) is 0 Å². The fourth-order valence-electron chi connectivity index (χ4n) is 5.69. The molecule has 4 atom stereocenters. The van der Waals surface area contributed by atoms with Gasteiger partial charge in [0.15, 0.2) is 6.23 Å². The van der Waals surface area contributed by atoms with Crippen molar-refractivity contribution in [2.24, 2.45) is 4.74 Å². The zero-order valence-electron chi connectivity index (χ0n) is 25.3. The van der Waals surface area contributed by atoms with E-state index in [1.165, 1.54) is 36.6 Å². The average molecular weight is 606 g/mol. The summed E-state index contributed by atoms with van der Waals surface area (Å²) >= 11 is 0. The Hall–Kier alpha value is -3.29. The van der Waals surface area contributed by atoms with E-state index in [-0.39, 0.29) is 6.54 Å². The van der Waals surface area contributed by atoms with E-state index in [2.05, 4.69) is 60.8 Å². The molecule has 0 aromatic heterocycles. The highest BCUT2D eigenvalue weighted by atomic mass is 31.2. The van der Waals surface area contributed by atoms with Crippen molar-refractivity contribution in [3.05, 3.63) is 90.5 Å². The lowest BCUT2D eigenvalue weighted by molar-refractivity contribution is -0.118. The lowest BCUT2D eigenvalue weighted by Crippen LogP contribution is -2.51. The van der Waals surface area contributed by atoms with E-state index >= 15 is 0 Å². The average Bonchev–Trinajstić information content (AvgIpc) is 3.33. The van der Waals surface area contributed by atoms with E-state index in [1.54, 1.807) is 6.92 Å². The van der Waals surface area contributed by atoms with Crippen molar-refractivity contribution in [1.29, 1.82) is 0 Å². The number of imide groups is 1. The van der Waals surface area contributed by atoms with Gasteiger partial charge in [-0.25, -0.2) is 4.79 Å². The monoisotopic (exact) mass is 605 g/mol. The van der Waals surface area contributed by atoms with Crippen LogP contribution in [0.4, 0.5) is 4.79 Å². The van der Waals surface area contributed by atoms with Crippen molar-refractivity contribution < 1.29 is 24.5 Å². The smallest absolute Gasteiger partial charge is 0.326 e. The Labute approximate surface area is 255 Å². The van der Waals surface area contributed by atoms with Gasteiger partial charge in [0.25, 0.3) is 0 Å². The number of likely N-dealkylation sites (N-methyl/N-ethyl adjacent to an activating group) is 1. The van der Waals surface area contributed by atoms with Gasteiger partial charge in [-0.2, -0.15) is 0 Å². The summed E-state index contributed by atoms with van der Waals surface area (Å²) < 4.78 is 11.6. The molecule has 1 fully saturated rings. The van der Waals surface area contributed by atoms with Gasteiger partial charge in [-0.15, -0.1) is 0 Å². The third-order valence-corrected chi connectivity index (χ3v) is 11.7. The Morgan fingerprint density at radius 2 is 1.47 bits per heavy atom. The minimum Gasteiger partial charge on any atom is -0.394 e. The van der Waals surface area contributed by atoms with Crippen LogP contribution >= 0.6 is 7.05 Å². The van der Waals surface area contributed by atoms with Crippen LogP contribution in [0.5, 0.6) is 0 Å². The van der Waals surface area contributed by atoms with Crippen molar-refractivity contribution in [1.82, 2.24) is 10.2 Å². The molecule has 0 radical (unpaired) electrons. The molecule has 2 unspecified atom stereocenters. The quantitative estimate of drug-likeness (QED) is 0.211. The highest BCUT2D eigenvalue weighted by molar-refractivity contribution is 7.87. The largest absolute Gasteiger partial charge is 0.394 e. The minimum atomic E-state index is -2.80. The van der Waals surface area contributed by atoms with Gasteiger partial charge < -0.3 is 14.9 Å². The number of urea groups is 1. The molecule has 8 nitrogen and oxygen atoms in total. The molecule has 4 rings (SSSR count). The number of carbonyl (C=O) groups excluding carboxylic acids is 2. The number of carbonyl (C=O) groups is 2. The van der Waals surface area contributed by atoms with Crippen LogP contribution in [0.15, 0.2) is 89.7 Å². The zero-order valence-corrected chi connectivity index (χ0v) is 26.2. The molecule has 3 N–H and O–H groups in total. The second-order valence-corrected chi connectivity index (χ2v) is 14.0. The lowest BCUT2D eigenvalue weighted by atomic mass is 10.1. The number of hydrogen-bond donors (Lipinski definition) is 3. The number of nitrogens with one attached hydrogen (secondary N) is 1. The van der Waals surface area contributed by atoms with Gasteiger partial charge in [-0.05, 0) is 25.3 Å². The summed E-state index contributed by atoms with van der Waals surface area (Å²) in [4.78, 5) is 26.2. The number of benzene rings is 3. The zero-order chi connectivity index (χ0) is 30.8. The van der Waals surface area contributed by atoms with Crippen molar-refractivity contribution in [3.8, 4) is 0 Å². The van der Waals surface area contributed by atoms with Crippen LogP contribution in [0, 0.1) is 0 Å². The van der Waals surface area contributed by atoms with E-state index < -0.39 is 50.1 Å². The predicted molar refractivity (Wildman–Crippen MR) is 173 cm³/mol. The second-order valence-electron chi connectivity index (χ2n) is 10.9. The molecule has 0 spiro atoms. The molecule has 0 aliphatic carbocycles. The molecule has 1 heterocycles. The Kier molecular flexibility index (Phi) is 11.7. The summed E-state index contributed by atoms with van der Waals surface area (Å²) in [5.41, 5.74) is 1.26. The molecule has 0 bridgehead atoms. The maximum Gasteiger partial charge on any atom is 0.326 e. The van der Waals surface area contributed by atoms with E-state index in [4.69, 9.17) is 9.48 Å². The number of aliphatic hydroxyl groups excluding tert-OH is 2. The number of ether oxygens (including phenoxy) is 1. The van der Waals surface area contributed by atoms with Gasteiger partial charge in [-0.1, -0.05) is 111 Å². The van der Waals surface area contributed by atoms with Crippen LogP contribution in [-0.4, -0.2) is 64.7 Å². The summed E-state index contributed by atoms with van der Waals surface area (Å²) in [7, 11) is -2.80. The van der Waals surface area contributed by atoms with E-state index in [1.807, 2.05) is 36.4 Å². The van der Waals surface area contributed by atoms with Crippen LogP contribution in [0.3, 0.4) is 0 Å². The van der Waals surface area contributed by atoms with Gasteiger partial charge in [0.1, 0.15) is 18.2 Å². The first-order valence-corrected chi connectivity index (χ1v) is 16.9. The summed E-state index contributed by atoms with van der Waals surface area (Å²) in [6.07, 6.45) is 2.65. The molecule has 3 aromatic carbocycles. The number of nitrogens with zero attached hydrogens (tertiary/aromatic N) is 2. The first kappa shape index (κ1) is 32.6. The molecule has 1 saturated heterocycles. The minimum absolute atomic E-state index is 0.204. The van der Waals surface area contributed by atoms with Crippen LogP contribution in [0.1, 0.15) is 52.0 Å². The summed E-state index contributed by atoms with van der Waals surface area (Å²) in [5, 5.41) is 26.9. The summed E-state index contributed by atoms with van der Waals surface area (Å²) in [5.74, 6) is -0.501. The fraction of sp³-hybridized carbons (Fsp3) is 0.412. The molecule has 3 aromatic rings. The maximum absolute atomic E-state index is 13.1. The van der Waals surface area contributed by atoms with Crippen molar-refractivity contribution in [2.75, 3.05) is 13.2 Å². The second kappa shape index (κ2) is 15.4. The van der Waals surface area contributed by atoms with Gasteiger partial charge >= 0.3 is 6.03 Å². The van der Waals surface area contributed by atoms with E-state index in [0.29, 0.717) is 0 Å². The third-order valence-electron chi connectivity index (χ3n) is 7.90. The summed E-state index contributed by atoms with van der Waals surface area (Å²) in [6.45, 7) is 5.02. The Bertz CT molecular complexity index is 1340. The predicted octanol–water partition coefficient (Wildman–Crippen LogP) is 4.31. The Balaban J connectivity index is 1.93. The lowest BCUT2D eigenvalue weighted by Gasteiger charge is -2.33. The highest BCUT2D eigenvalue weighted by Crippen LogP contribution is 2.49. The van der Waals surface area contributed by atoms with E-state index in [0.717, 1.165) is 28.8 Å². The van der Waals surface area contributed by atoms with Crippen molar-refractivity contribution in [2.45, 2.75) is 77.4 Å². The first-order chi connectivity index (χ1) is 20.8. The molecule has 1 aliphatic rings. The molecule has 9 heteroatoms. The van der Waals surface area contributed by atoms with Crippen LogP contribution < -0.4 is 21.2 Å².